The Bertz CT molecular complexity index is 429. The van der Waals surface area contributed by atoms with Crippen molar-refractivity contribution in [2.75, 3.05) is 0 Å². The highest BCUT2D eigenvalue weighted by molar-refractivity contribution is 5.96. The maximum atomic E-state index is 12.7. The Hall–Kier alpha value is -1.63. The minimum atomic E-state index is -4.62. The van der Waals surface area contributed by atoms with Gasteiger partial charge < -0.3 is 0 Å². The van der Waals surface area contributed by atoms with Crippen molar-refractivity contribution in [3.05, 3.63) is 29.1 Å². The van der Waals surface area contributed by atoms with Gasteiger partial charge in [-0.25, -0.2) is 5.84 Å². The van der Waals surface area contributed by atoms with Gasteiger partial charge in [0.1, 0.15) is 0 Å². The Morgan fingerprint density at radius 2 is 2.06 bits per heavy atom. The van der Waals surface area contributed by atoms with Gasteiger partial charge in [0.2, 0.25) is 0 Å². The number of nitrogens with one attached hydrogen (secondary N) is 1. The molecule has 0 unspecified atom stereocenters. The molecule has 1 amide bonds. The lowest BCUT2D eigenvalue weighted by Gasteiger charge is -2.16. The fourth-order valence-corrected chi connectivity index (χ4v) is 1.46. The number of nitrogens with two attached hydrogens (primary N) is 1. The second-order valence-corrected chi connectivity index (χ2v) is 3.74. The molecule has 0 saturated carbocycles. The molecule has 7 heteroatoms. The first-order chi connectivity index (χ1) is 7.79. The van der Waals surface area contributed by atoms with Gasteiger partial charge in [0.25, 0.3) is 5.91 Å². The zero-order valence-electron chi connectivity index (χ0n) is 9.30. The molecule has 17 heavy (non-hydrogen) atoms. The summed E-state index contributed by atoms with van der Waals surface area (Å²) in [6, 6.07) is 0.760. The van der Waals surface area contributed by atoms with Crippen LogP contribution in [0.1, 0.15) is 41.4 Å². The second-order valence-electron chi connectivity index (χ2n) is 3.74. The highest BCUT2D eigenvalue weighted by Gasteiger charge is 2.37. The van der Waals surface area contributed by atoms with E-state index < -0.39 is 23.2 Å². The Kier molecular flexibility index (Phi) is 3.72. The van der Waals surface area contributed by atoms with E-state index in [2.05, 4.69) is 4.98 Å². The number of nitrogens with zero attached hydrogens (tertiary/aromatic N) is 1. The fraction of sp³-hybridized carbons (Fsp3) is 0.400. The molecular formula is C10H12F3N3O. The van der Waals surface area contributed by atoms with Crippen LogP contribution >= 0.6 is 0 Å². The van der Waals surface area contributed by atoms with Gasteiger partial charge in [0.15, 0.2) is 0 Å². The van der Waals surface area contributed by atoms with E-state index in [0.717, 1.165) is 12.3 Å². The van der Waals surface area contributed by atoms with Gasteiger partial charge in [0, 0.05) is 6.20 Å². The first-order valence-electron chi connectivity index (χ1n) is 4.86. The van der Waals surface area contributed by atoms with Crippen molar-refractivity contribution in [2.24, 2.45) is 5.84 Å². The highest BCUT2D eigenvalue weighted by Crippen LogP contribution is 2.34. The van der Waals surface area contributed by atoms with Crippen LogP contribution in [0.15, 0.2) is 12.3 Å². The van der Waals surface area contributed by atoms with E-state index in [1.54, 1.807) is 19.3 Å². The molecule has 4 nitrogen and oxygen atoms in total. The number of pyridine rings is 1. The molecule has 0 saturated heterocycles. The molecule has 1 aromatic rings. The van der Waals surface area contributed by atoms with Gasteiger partial charge in [0.05, 0.1) is 16.8 Å². The van der Waals surface area contributed by atoms with E-state index in [0.29, 0.717) is 0 Å². The number of carbonyl (C=O) groups excluding carboxylic acids is 1. The fourth-order valence-electron chi connectivity index (χ4n) is 1.46. The normalized spacial score (nSPS) is 11.7. The van der Waals surface area contributed by atoms with E-state index in [4.69, 9.17) is 5.84 Å². The molecule has 3 N–H and O–H groups in total. The molecule has 1 aromatic heterocycles. The summed E-state index contributed by atoms with van der Waals surface area (Å²) < 4.78 is 38.2. The molecule has 0 aliphatic rings. The van der Waals surface area contributed by atoms with Gasteiger partial charge in [-0.1, -0.05) is 13.8 Å². The van der Waals surface area contributed by atoms with Crippen molar-refractivity contribution < 1.29 is 18.0 Å². The van der Waals surface area contributed by atoms with E-state index in [1.807, 2.05) is 0 Å². The molecule has 0 aliphatic heterocycles. The van der Waals surface area contributed by atoms with Crippen LogP contribution in [-0.4, -0.2) is 10.9 Å². The monoisotopic (exact) mass is 247 g/mol. The standard InChI is InChI=1S/C10H12F3N3O/c1-5(2)8-7(9(17)16-14)6(3-4-15-8)10(11,12)13/h3-5H,14H2,1-2H3,(H,16,17). The van der Waals surface area contributed by atoms with Crippen LogP contribution in [0.2, 0.25) is 0 Å². The van der Waals surface area contributed by atoms with Crippen LogP contribution in [0.5, 0.6) is 0 Å². The molecule has 0 bridgehead atoms. The van der Waals surface area contributed by atoms with E-state index in [1.165, 1.54) is 0 Å². The van der Waals surface area contributed by atoms with Gasteiger partial charge in [-0.3, -0.25) is 15.2 Å². The van der Waals surface area contributed by atoms with Crippen LogP contribution in [0, 0.1) is 0 Å². The van der Waals surface area contributed by atoms with E-state index in [9.17, 15) is 18.0 Å². The van der Waals surface area contributed by atoms with Gasteiger partial charge in [-0.05, 0) is 12.0 Å². The quantitative estimate of drug-likeness (QED) is 0.476. The molecule has 0 fully saturated rings. The average Bonchev–Trinajstić information content (AvgIpc) is 2.25. The van der Waals surface area contributed by atoms with Crippen molar-refractivity contribution in [1.82, 2.24) is 10.4 Å². The molecule has 1 rings (SSSR count). The summed E-state index contributed by atoms with van der Waals surface area (Å²) >= 11 is 0. The number of rotatable bonds is 2. The number of nitrogen functional groups attached to an aromatic ring is 1. The van der Waals surface area contributed by atoms with Crippen LogP contribution in [0.25, 0.3) is 0 Å². The van der Waals surface area contributed by atoms with E-state index in [-0.39, 0.29) is 11.6 Å². The van der Waals surface area contributed by atoms with Crippen LogP contribution in [-0.2, 0) is 6.18 Å². The van der Waals surface area contributed by atoms with E-state index >= 15 is 0 Å². The Labute approximate surface area is 96.0 Å². The number of hydrogen-bond donors (Lipinski definition) is 2. The highest BCUT2D eigenvalue weighted by atomic mass is 19.4. The smallest absolute Gasteiger partial charge is 0.290 e. The summed E-state index contributed by atoms with van der Waals surface area (Å²) in [5.41, 5.74) is 0.237. The van der Waals surface area contributed by atoms with Crippen molar-refractivity contribution >= 4 is 5.91 Å². The Morgan fingerprint density at radius 1 is 1.47 bits per heavy atom. The predicted molar refractivity (Wildman–Crippen MR) is 55.0 cm³/mol. The summed E-state index contributed by atoms with van der Waals surface area (Å²) in [5, 5.41) is 0. The third-order valence-electron chi connectivity index (χ3n) is 2.19. The SMILES string of the molecule is CC(C)c1nccc(C(F)(F)F)c1C(=O)NN. The maximum absolute atomic E-state index is 12.7. The summed E-state index contributed by atoms with van der Waals surface area (Å²) in [5.74, 6) is 3.58. The molecule has 0 spiro atoms. The van der Waals surface area contributed by atoms with Crippen molar-refractivity contribution in [3.63, 3.8) is 0 Å². The molecule has 94 valence electrons. The number of amides is 1. The molecule has 1 heterocycles. The molecular weight excluding hydrogens is 235 g/mol. The lowest BCUT2D eigenvalue weighted by Crippen LogP contribution is -2.33. The van der Waals surface area contributed by atoms with Gasteiger partial charge in [-0.15, -0.1) is 0 Å². The summed E-state index contributed by atoms with van der Waals surface area (Å²) in [6.45, 7) is 3.30. The largest absolute Gasteiger partial charge is 0.417 e. The zero-order valence-corrected chi connectivity index (χ0v) is 9.30. The number of alkyl halides is 3. The summed E-state index contributed by atoms with van der Waals surface area (Å²) in [6.07, 6.45) is -3.58. The first kappa shape index (κ1) is 13.4. The number of hydrazine groups is 1. The average molecular weight is 247 g/mol. The van der Waals surface area contributed by atoms with Crippen LogP contribution in [0.4, 0.5) is 13.2 Å². The second kappa shape index (κ2) is 4.70. The maximum Gasteiger partial charge on any atom is 0.417 e. The molecule has 0 radical (unpaired) electrons. The Morgan fingerprint density at radius 3 is 2.47 bits per heavy atom. The van der Waals surface area contributed by atoms with Crippen LogP contribution in [0.3, 0.4) is 0 Å². The van der Waals surface area contributed by atoms with Crippen molar-refractivity contribution in [3.8, 4) is 0 Å². The van der Waals surface area contributed by atoms with Crippen molar-refractivity contribution in [2.45, 2.75) is 25.9 Å². The van der Waals surface area contributed by atoms with Crippen LogP contribution < -0.4 is 11.3 Å². The van der Waals surface area contributed by atoms with Gasteiger partial charge >= 0.3 is 6.18 Å². The molecule has 0 aromatic carbocycles. The topological polar surface area (TPSA) is 68.0 Å². The third kappa shape index (κ3) is 2.73. The lowest BCUT2D eigenvalue weighted by atomic mass is 9.98. The number of carbonyl (C=O) groups is 1. The predicted octanol–water partition coefficient (Wildman–Crippen LogP) is 1.83. The zero-order chi connectivity index (χ0) is 13.2. The minimum absolute atomic E-state index is 0.0720. The number of halogens is 3. The Balaban J connectivity index is 3.51. The molecule has 0 aliphatic carbocycles. The summed E-state index contributed by atoms with van der Waals surface area (Å²) in [7, 11) is 0. The number of hydrogen-bond acceptors (Lipinski definition) is 3. The number of aromatic nitrogens is 1. The summed E-state index contributed by atoms with van der Waals surface area (Å²) in [4.78, 5) is 15.2. The van der Waals surface area contributed by atoms with Gasteiger partial charge in [-0.2, -0.15) is 13.2 Å². The molecule has 0 atom stereocenters. The van der Waals surface area contributed by atoms with Crippen molar-refractivity contribution in [1.29, 1.82) is 0 Å². The minimum Gasteiger partial charge on any atom is -0.290 e. The lowest BCUT2D eigenvalue weighted by molar-refractivity contribution is -0.138. The first-order valence-corrected chi connectivity index (χ1v) is 4.86. The third-order valence-corrected chi connectivity index (χ3v) is 2.19.